The molecule has 0 aliphatic carbocycles. The lowest BCUT2D eigenvalue weighted by Crippen LogP contribution is -2.27. The van der Waals surface area contributed by atoms with Gasteiger partial charge in [0.1, 0.15) is 11.9 Å². The van der Waals surface area contributed by atoms with E-state index in [9.17, 15) is 4.79 Å². The molecule has 2 rings (SSSR count). The molecule has 122 valence electrons. The molecule has 1 aromatic heterocycles. The summed E-state index contributed by atoms with van der Waals surface area (Å²) in [4.78, 5) is 16.1. The number of carbonyl (C=O) groups excluding carboxylic acids is 1. The molecule has 0 aliphatic heterocycles. The van der Waals surface area contributed by atoms with E-state index < -0.39 is 6.10 Å². The molecule has 6 heteroatoms. The Kier molecular flexibility index (Phi) is 5.94. The Morgan fingerprint density at radius 3 is 2.70 bits per heavy atom. The van der Waals surface area contributed by atoms with Crippen LogP contribution in [0.2, 0.25) is 0 Å². The molecule has 6 nitrogen and oxygen atoms in total. The molecule has 0 saturated carbocycles. The minimum atomic E-state index is -0.594. The molecule has 0 bridgehead atoms. The van der Waals surface area contributed by atoms with E-state index in [4.69, 9.17) is 14.2 Å². The number of ether oxygens (including phenoxy) is 3. The Balaban J connectivity index is 1.86. The lowest BCUT2D eigenvalue weighted by Gasteiger charge is -2.14. The maximum atomic E-state index is 12.1. The van der Waals surface area contributed by atoms with Gasteiger partial charge in [0.15, 0.2) is 0 Å². The standard InChI is InChI=1S/C17H20N2O4/c1-12(23-11-13-5-4-6-15(9-13)21-2)17(20)19-14-7-8-16(22-3)18-10-14/h4-10,12H,11H2,1-3H3,(H,19,20). The Hall–Kier alpha value is -2.60. The highest BCUT2D eigenvalue weighted by molar-refractivity contribution is 5.93. The van der Waals surface area contributed by atoms with Crippen LogP contribution in [0.15, 0.2) is 42.6 Å². The largest absolute Gasteiger partial charge is 0.497 e. The van der Waals surface area contributed by atoms with Crippen molar-refractivity contribution in [3.8, 4) is 11.6 Å². The van der Waals surface area contributed by atoms with Crippen LogP contribution < -0.4 is 14.8 Å². The molecule has 1 N–H and O–H groups in total. The van der Waals surface area contributed by atoms with Crippen molar-refractivity contribution in [2.24, 2.45) is 0 Å². The number of nitrogens with zero attached hydrogens (tertiary/aromatic N) is 1. The quantitative estimate of drug-likeness (QED) is 0.850. The van der Waals surface area contributed by atoms with Gasteiger partial charge >= 0.3 is 0 Å². The van der Waals surface area contributed by atoms with Crippen LogP contribution in [0.5, 0.6) is 11.6 Å². The minimum absolute atomic E-state index is 0.236. The predicted octanol–water partition coefficient (Wildman–Crippen LogP) is 2.64. The van der Waals surface area contributed by atoms with Gasteiger partial charge < -0.3 is 19.5 Å². The van der Waals surface area contributed by atoms with Gasteiger partial charge in [0.05, 0.1) is 32.7 Å². The molecule has 1 amide bonds. The Morgan fingerprint density at radius 2 is 2.04 bits per heavy atom. The number of amides is 1. The highest BCUT2D eigenvalue weighted by atomic mass is 16.5. The van der Waals surface area contributed by atoms with Crippen LogP contribution in [0.25, 0.3) is 0 Å². The maximum absolute atomic E-state index is 12.1. The van der Waals surface area contributed by atoms with Gasteiger partial charge in [-0.3, -0.25) is 4.79 Å². The van der Waals surface area contributed by atoms with E-state index in [1.807, 2.05) is 24.3 Å². The van der Waals surface area contributed by atoms with Gasteiger partial charge in [-0.25, -0.2) is 4.98 Å². The summed E-state index contributed by atoms with van der Waals surface area (Å²) in [6.07, 6.45) is 0.939. The summed E-state index contributed by atoms with van der Waals surface area (Å²) in [6.45, 7) is 2.03. The number of rotatable bonds is 7. The van der Waals surface area contributed by atoms with E-state index in [1.165, 1.54) is 13.3 Å². The number of hydrogen-bond acceptors (Lipinski definition) is 5. The summed E-state index contributed by atoms with van der Waals surface area (Å²) < 4.78 is 15.7. The number of hydrogen-bond donors (Lipinski definition) is 1. The van der Waals surface area contributed by atoms with Gasteiger partial charge in [0.25, 0.3) is 5.91 Å². The molecule has 0 saturated heterocycles. The normalized spacial score (nSPS) is 11.6. The molecule has 0 spiro atoms. The van der Waals surface area contributed by atoms with E-state index >= 15 is 0 Å². The molecular formula is C17H20N2O4. The molecule has 2 aromatic rings. The van der Waals surface area contributed by atoms with Crippen LogP contribution in [0.3, 0.4) is 0 Å². The highest BCUT2D eigenvalue weighted by Crippen LogP contribution is 2.15. The second-order valence-corrected chi connectivity index (χ2v) is 4.88. The monoisotopic (exact) mass is 316 g/mol. The predicted molar refractivity (Wildman–Crippen MR) is 86.7 cm³/mol. The summed E-state index contributed by atoms with van der Waals surface area (Å²) in [6, 6.07) is 10.9. The molecular weight excluding hydrogens is 296 g/mol. The van der Waals surface area contributed by atoms with E-state index in [2.05, 4.69) is 10.3 Å². The first-order chi connectivity index (χ1) is 11.1. The van der Waals surface area contributed by atoms with E-state index in [0.29, 0.717) is 18.2 Å². The molecule has 1 unspecified atom stereocenters. The fourth-order valence-corrected chi connectivity index (χ4v) is 1.88. The molecule has 1 atom stereocenters. The first-order valence-corrected chi connectivity index (χ1v) is 7.18. The number of carbonyl (C=O) groups is 1. The van der Waals surface area contributed by atoms with Crippen molar-refractivity contribution >= 4 is 11.6 Å². The van der Waals surface area contributed by atoms with Crippen LogP contribution in [-0.2, 0) is 16.1 Å². The van der Waals surface area contributed by atoms with E-state index in [1.54, 1.807) is 26.2 Å². The molecule has 23 heavy (non-hydrogen) atoms. The highest BCUT2D eigenvalue weighted by Gasteiger charge is 2.14. The number of methoxy groups -OCH3 is 2. The van der Waals surface area contributed by atoms with Gasteiger partial charge in [0.2, 0.25) is 5.88 Å². The van der Waals surface area contributed by atoms with Gasteiger partial charge in [0, 0.05) is 6.07 Å². The van der Waals surface area contributed by atoms with Gasteiger partial charge in [-0.05, 0) is 30.7 Å². The zero-order valence-electron chi connectivity index (χ0n) is 13.4. The summed E-state index contributed by atoms with van der Waals surface area (Å²) in [5, 5.41) is 2.75. The number of pyridine rings is 1. The third-order valence-corrected chi connectivity index (χ3v) is 3.22. The van der Waals surface area contributed by atoms with Crippen molar-refractivity contribution in [3.05, 3.63) is 48.2 Å². The summed E-state index contributed by atoms with van der Waals surface area (Å²) >= 11 is 0. The van der Waals surface area contributed by atoms with Crippen molar-refractivity contribution in [2.75, 3.05) is 19.5 Å². The minimum Gasteiger partial charge on any atom is -0.497 e. The van der Waals surface area contributed by atoms with Gasteiger partial charge in [-0.15, -0.1) is 0 Å². The van der Waals surface area contributed by atoms with Crippen LogP contribution in [0.1, 0.15) is 12.5 Å². The van der Waals surface area contributed by atoms with Crippen molar-refractivity contribution in [1.82, 2.24) is 4.98 Å². The molecule has 0 radical (unpaired) electrons. The maximum Gasteiger partial charge on any atom is 0.253 e. The summed E-state index contributed by atoms with van der Waals surface area (Å²) in [5.41, 5.74) is 1.53. The fourth-order valence-electron chi connectivity index (χ4n) is 1.88. The Labute approximate surface area is 135 Å². The third kappa shape index (κ3) is 4.96. The van der Waals surface area contributed by atoms with Crippen molar-refractivity contribution in [3.63, 3.8) is 0 Å². The van der Waals surface area contributed by atoms with Crippen LogP contribution >= 0.6 is 0 Å². The SMILES string of the molecule is COc1cccc(COC(C)C(=O)Nc2ccc(OC)nc2)c1. The second-order valence-electron chi connectivity index (χ2n) is 4.88. The first-order valence-electron chi connectivity index (χ1n) is 7.18. The summed E-state index contributed by atoms with van der Waals surface area (Å²) in [7, 11) is 3.15. The average molecular weight is 316 g/mol. The van der Waals surface area contributed by atoms with E-state index in [-0.39, 0.29) is 5.91 Å². The molecule has 0 aliphatic rings. The Morgan fingerprint density at radius 1 is 1.22 bits per heavy atom. The van der Waals surface area contributed by atoms with Gasteiger partial charge in [-0.1, -0.05) is 12.1 Å². The van der Waals surface area contributed by atoms with E-state index in [0.717, 1.165) is 11.3 Å². The molecule has 0 fully saturated rings. The van der Waals surface area contributed by atoms with Crippen molar-refractivity contribution in [1.29, 1.82) is 0 Å². The molecule has 1 heterocycles. The average Bonchev–Trinajstić information content (AvgIpc) is 2.60. The zero-order valence-corrected chi connectivity index (χ0v) is 13.4. The smallest absolute Gasteiger partial charge is 0.253 e. The summed E-state index contributed by atoms with van der Waals surface area (Å²) in [5.74, 6) is 1.01. The number of nitrogens with one attached hydrogen (secondary N) is 1. The van der Waals surface area contributed by atoms with Gasteiger partial charge in [-0.2, -0.15) is 0 Å². The number of anilines is 1. The number of aromatic nitrogens is 1. The number of benzene rings is 1. The lowest BCUT2D eigenvalue weighted by atomic mass is 10.2. The lowest BCUT2D eigenvalue weighted by molar-refractivity contribution is -0.127. The zero-order chi connectivity index (χ0) is 16.7. The fraction of sp³-hybridized carbons (Fsp3) is 0.294. The van der Waals surface area contributed by atoms with Crippen LogP contribution in [0, 0.1) is 0 Å². The third-order valence-electron chi connectivity index (χ3n) is 3.22. The van der Waals surface area contributed by atoms with Crippen molar-refractivity contribution in [2.45, 2.75) is 19.6 Å². The van der Waals surface area contributed by atoms with Crippen molar-refractivity contribution < 1.29 is 19.0 Å². The first kappa shape index (κ1) is 16.8. The van der Waals surface area contributed by atoms with Crippen LogP contribution in [-0.4, -0.2) is 31.2 Å². The topological polar surface area (TPSA) is 69.7 Å². The second kappa shape index (κ2) is 8.14. The Bertz CT molecular complexity index is 643. The van der Waals surface area contributed by atoms with Crippen LogP contribution in [0.4, 0.5) is 5.69 Å². The molecule has 1 aromatic carbocycles.